The zero-order valence-electron chi connectivity index (χ0n) is 18.4. The summed E-state index contributed by atoms with van der Waals surface area (Å²) < 4.78 is 1.98. The topological polar surface area (TPSA) is 57.6 Å². The Balaban J connectivity index is 1.75. The number of rotatable bonds is 9. The van der Waals surface area contributed by atoms with Crippen LogP contribution in [0.4, 0.5) is 10.5 Å². The second kappa shape index (κ2) is 11.6. The van der Waals surface area contributed by atoms with Crippen LogP contribution in [0.3, 0.4) is 0 Å². The van der Waals surface area contributed by atoms with Crippen LogP contribution in [0.25, 0.3) is 0 Å². The minimum atomic E-state index is -0.430. The van der Waals surface area contributed by atoms with Gasteiger partial charge in [-0.25, -0.2) is 4.79 Å². The largest absolute Gasteiger partial charge is 0.353 e. The van der Waals surface area contributed by atoms with Gasteiger partial charge in [-0.15, -0.1) is 6.58 Å². The van der Waals surface area contributed by atoms with Gasteiger partial charge in [0.25, 0.3) is 0 Å². The van der Waals surface area contributed by atoms with E-state index in [2.05, 4.69) is 11.9 Å². The lowest BCUT2D eigenvalue weighted by atomic mass is 10.2. The predicted octanol–water partition coefficient (Wildman–Crippen LogP) is 5.58. The Kier molecular flexibility index (Phi) is 8.58. The van der Waals surface area contributed by atoms with Crippen molar-refractivity contribution in [3.8, 4) is 0 Å². The fraction of sp³-hybridized carbons (Fsp3) is 0.200. The lowest BCUT2D eigenvalue weighted by Crippen LogP contribution is -2.44. The average Bonchev–Trinajstić information content (AvgIpc) is 3.20. The highest BCUT2D eigenvalue weighted by molar-refractivity contribution is 6.42. The molecular formula is C25H26Cl2N4O2. The molecule has 33 heavy (non-hydrogen) atoms. The van der Waals surface area contributed by atoms with E-state index in [0.717, 1.165) is 11.3 Å². The van der Waals surface area contributed by atoms with Crippen LogP contribution in [0.15, 0.2) is 79.5 Å². The summed E-state index contributed by atoms with van der Waals surface area (Å²) in [4.78, 5) is 29.4. The highest BCUT2D eigenvalue weighted by Gasteiger charge is 2.22. The molecule has 0 radical (unpaired) electrons. The first kappa shape index (κ1) is 24.4. The molecule has 3 rings (SSSR count). The molecule has 3 amide bonds. The Hall–Kier alpha value is -3.22. The predicted molar refractivity (Wildman–Crippen MR) is 133 cm³/mol. The Morgan fingerprint density at radius 3 is 2.39 bits per heavy atom. The molecule has 0 saturated carbocycles. The van der Waals surface area contributed by atoms with Crippen molar-refractivity contribution < 1.29 is 9.59 Å². The van der Waals surface area contributed by atoms with Crippen molar-refractivity contribution in [2.24, 2.45) is 7.05 Å². The zero-order chi connectivity index (χ0) is 23.8. The van der Waals surface area contributed by atoms with Gasteiger partial charge >= 0.3 is 6.03 Å². The number of carbonyl (C=O) groups excluding carboxylic acids is 2. The minimum absolute atomic E-state index is 0.101. The van der Waals surface area contributed by atoms with Gasteiger partial charge in [0.2, 0.25) is 5.91 Å². The van der Waals surface area contributed by atoms with E-state index in [1.54, 1.807) is 29.2 Å². The maximum atomic E-state index is 13.3. The third-order valence-electron chi connectivity index (χ3n) is 5.11. The van der Waals surface area contributed by atoms with E-state index in [0.29, 0.717) is 28.8 Å². The van der Waals surface area contributed by atoms with Gasteiger partial charge in [0, 0.05) is 37.7 Å². The summed E-state index contributed by atoms with van der Waals surface area (Å²) in [5.74, 6) is -0.175. The number of amides is 3. The minimum Gasteiger partial charge on any atom is -0.353 e. The van der Waals surface area contributed by atoms with Crippen LogP contribution in [-0.2, 0) is 24.9 Å². The molecule has 0 aliphatic heterocycles. The molecule has 1 heterocycles. The second-order valence-corrected chi connectivity index (χ2v) is 8.39. The van der Waals surface area contributed by atoms with Gasteiger partial charge < -0.3 is 19.7 Å². The Morgan fingerprint density at radius 1 is 1.00 bits per heavy atom. The summed E-state index contributed by atoms with van der Waals surface area (Å²) in [5, 5.41) is 3.49. The lowest BCUT2D eigenvalue weighted by molar-refractivity contribution is -0.133. The van der Waals surface area contributed by atoms with Gasteiger partial charge in [-0.1, -0.05) is 59.6 Å². The number of aromatic nitrogens is 1. The number of carbonyl (C=O) groups is 2. The number of hydrogen-bond acceptors (Lipinski definition) is 2. The van der Waals surface area contributed by atoms with Crippen molar-refractivity contribution in [3.63, 3.8) is 0 Å². The fourth-order valence-electron chi connectivity index (χ4n) is 3.31. The Morgan fingerprint density at radius 2 is 1.76 bits per heavy atom. The maximum absolute atomic E-state index is 13.3. The molecular weight excluding hydrogens is 459 g/mol. The van der Waals surface area contributed by atoms with Crippen molar-refractivity contribution in [3.05, 3.63) is 101 Å². The summed E-state index contributed by atoms with van der Waals surface area (Å²) in [6, 6.07) is 18.1. The summed E-state index contributed by atoms with van der Waals surface area (Å²) in [7, 11) is 1.94. The second-order valence-electron chi connectivity index (χ2n) is 7.57. The standard InChI is InChI=1S/C25H26Cl2N4O2/c1-3-13-30(25(33)28-20-11-12-22(26)23(27)15-20)18-24(32)31(16-19-8-5-4-6-9-19)17-21-10-7-14-29(21)2/h3-12,14-15H,1,13,16-18H2,2H3,(H,28,33). The van der Waals surface area contributed by atoms with Crippen LogP contribution in [-0.4, -0.2) is 39.4 Å². The van der Waals surface area contributed by atoms with Crippen LogP contribution < -0.4 is 5.32 Å². The molecule has 172 valence electrons. The van der Waals surface area contributed by atoms with E-state index in [1.165, 1.54) is 4.90 Å². The number of nitrogens with zero attached hydrogens (tertiary/aromatic N) is 3. The first-order valence-electron chi connectivity index (χ1n) is 10.4. The number of anilines is 1. The van der Waals surface area contributed by atoms with E-state index in [1.807, 2.05) is 60.3 Å². The van der Waals surface area contributed by atoms with E-state index in [-0.39, 0.29) is 19.0 Å². The van der Waals surface area contributed by atoms with Crippen LogP contribution in [0.2, 0.25) is 10.0 Å². The molecule has 6 nitrogen and oxygen atoms in total. The highest BCUT2D eigenvalue weighted by Crippen LogP contribution is 2.25. The fourth-order valence-corrected chi connectivity index (χ4v) is 3.61. The van der Waals surface area contributed by atoms with Crippen LogP contribution in [0.1, 0.15) is 11.3 Å². The van der Waals surface area contributed by atoms with E-state index >= 15 is 0 Å². The molecule has 0 bridgehead atoms. The Bertz CT molecular complexity index is 1110. The van der Waals surface area contributed by atoms with E-state index in [4.69, 9.17) is 23.2 Å². The number of nitrogens with one attached hydrogen (secondary N) is 1. The number of hydrogen-bond donors (Lipinski definition) is 1. The maximum Gasteiger partial charge on any atom is 0.322 e. The summed E-state index contributed by atoms with van der Waals surface area (Å²) in [5.41, 5.74) is 2.49. The van der Waals surface area contributed by atoms with Crippen molar-refractivity contribution in [2.45, 2.75) is 13.1 Å². The highest BCUT2D eigenvalue weighted by atomic mass is 35.5. The van der Waals surface area contributed by atoms with Gasteiger partial charge in [-0.05, 0) is 35.9 Å². The van der Waals surface area contributed by atoms with Crippen LogP contribution >= 0.6 is 23.2 Å². The number of halogens is 2. The van der Waals surface area contributed by atoms with Crippen LogP contribution in [0, 0.1) is 0 Å². The normalized spacial score (nSPS) is 10.5. The quantitative estimate of drug-likeness (QED) is 0.403. The van der Waals surface area contributed by atoms with Crippen molar-refractivity contribution in [1.82, 2.24) is 14.4 Å². The molecule has 2 aromatic carbocycles. The van der Waals surface area contributed by atoms with Gasteiger partial charge in [0.1, 0.15) is 6.54 Å². The van der Waals surface area contributed by atoms with Gasteiger partial charge in [0.15, 0.2) is 0 Å². The van der Waals surface area contributed by atoms with Gasteiger partial charge in [0.05, 0.1) is 16.6 Å². The average molecular weight is 485 g/mol. The van der Waals surface area contributed by atoms with Crippen LogP contribution in [0.5, 0.6) is 0 Å². The van der Waals surface area contributed by atoms with Crippen molar-refractivity contribution in [1.29, 1.82) is 0 Å². The molecule has 0 spiro atoms. The van der Waals surface area contributed by atoms with E-state index in [9.17, 15) is 9.59 Å². The number of urea groups is 1. The third-order valence-corrected chi connectivity index (χ3v) is 5.85. The monoisotopic (exact) mass is 484 g/mol. The molecule has 0 aliphatic carbocycles. The summed E-state index contributed by atoms with van der Waals surface area (Å²) in [6.07, 6.45) is 3.52. The molecule has 0 atom stereocenters. The zero-order valence-corrected chi connectivity index (χ0v) is 19.9. The molecule has 0 saturated heterocycles. The third kappa shape index (κ3) is 6.88. The van der Waals surface area contributed by atoms with Gasteiger partial charge in [-0.2, -0.15) is 0 Å². The SMILES string of the molecule is C=CCN(CC(=O)N(Cc1ccccc1)Cc1cccn1C)C(=O)Nc1ccc(Cl)c(Cl)c1. The molecule has 1 aromatic heterocycles. The van der Waals surface area contributed by atoms with E-state index < -0.39 is 6.03 Å². The number of benzene rings is 2. The lowest BCUT2D eigenvalue weighted by Gasteiger charge is -2.27. The molecule has 0 unspecified atom stereocenters. The number of aryl methyl sites for hydroxylation is 1. The molecule has 0 aliphatic rings. The van der Waals surface area contributed by atoms with Gasteiger partial charge in [-0.3, -0.25) is 4.79 Å². The molecule has 1 N–H and O–H groups in total. The first-order valence-corrected chi connectivity index (χ1v) is 11.2. The molecule has 3 aromatic rings. The summed E-state index contributed by atoms with van der Waals surface area (Å²) >= 11 is 12.0. The molecule has 0 fully saturated rings. The molecule has 8 heteroatoms. The first-order chi connectivity index (χ1) is 15.9. The summed E-state index contributed by atoms with van der Waals surface area (Å²) in [6.45, 7) is 4.69. The van der Waals surface area contributed by atoms with Crippen molar-refractivity contribution >= 4 is 40.8 Å². The smallest absolute Gasteiger partial charge is 0.322 e. The Labute approximate surface area is 204 Å². The van der Waals surface area contributed by atoms with Crippen molar-refractivity contribution in [2.75, 3.05) is 18.4 Å².